The summed E-state index contributed by atoms with van der Waals surface area (Å²) in [6.45, 7) is 1.68. The molecule has 0 unspecified atom stereocenters. The Labute approximate surface area is 128 Å². The van der Waals surface area contributed by atoms with Crippen molar-refractivity contribution in [2.75, 3.05) is 7.05 Å². The first kappa shape index (κ1) is 14.4. The Hall–Kier alpha value is -2.56. The van der Waals surface area contributed by atoms with Crippen molar-refractivity contribution in [2.24, 2.45) is 16.6 Å². The lowest BCUT2D eigenvalue weighted by Crippen LogP contribution is -2.00. The highest BCUT2D eigenvalue weighted by molar-refractivity contribution is 6.04. The van der Waals surface area contributed by atoms with E-state index < -0.39 is 5.97 Å². The van der Waals surface area contributed by atoms with Crippen molar-refractivity contribution < 1.29 is 14.3 Å². The summed E-state index contributed by atoms with van der Waals surface area (Å²) in [7, 11) is 1.76. The van der Waals surface area contributed by atoms with Crippen LogP contribution >= 0.6 is 0 Å². The number of carboxylic acid groups (broad SMARTS) is 1. The molecular formula is C17H18N2O3. The molecule has 1 saturated carbocycles. The van der Waals surface area contributed by atoms with E-state index in [0.29, 0.717) is 28.6 Å². The molecule has 0 radical (unpaired) electrons. The van der Waals surface area contributed by atoms with Gasteiger partial charge in [-0.2, -0.15) is 0 Å². The molecule has 0 bridgehead atoms. The van der Waals surface area contributed by atoms with E-state index in [1.165, 1.54) is 6.20 Å². The first-order valence-corrected chi connectivity index (χ1v) is 7.18. The third-order valence-corrected chi connectivity index (χ3v) is 4.23. The zero-order valence-corrected chi connectivity index (χ0v) is 12.5. The van der Waals surface area contributed by atoms with Gasteiger partial charge in [-0.1, -0.05) is 6.07 Å². The second kappa shape index (κ2) is 5.33. The fourth-order valence-corrected chi connectivity index (χ4v) is 3.09. The summed E-state index contributed by atoms with van der Waals surface area (Å²) in [5.41, 5.74) is 8.41. The molecule has 1 heterocycles. The Morgan fingerprint density at radius 3 is 2.91 bits per heavy atom. The highest BCUT2D eigenvalue weighted by Crippen LogP contribution is 2.49. The van der Waals surface area contributed by atoms with Gasteiger partial charge in [0.05, 0.1) is 0 Å². The number of furan rings is 1. The first-order chi connectivity index (χ1) is 10.6. The minimum Gasteiger partial charge on any atom is -0.478 e. The molecule has 1 fully saturated rings. The number of hydrogen-bond donors (Lipinski definition) is 2. The third kappa shape index (κ3) is 2.28. The van der Waals surface area contributed by atoms with Gasteiger partial charge >= 0.3 is 5.97 Å². The van der Waals surface area contributed by atoms with Crippen molar-refractivity contribution in [1.29, 1.82) is 0 Å². The monoisotopic (exact) mass is 298 g/mol. The van der Waals surface area contributed by atoms with Crippen LogP contribution in [0.15, 0.2) is 39.9 Å². The van der Waals surface area contributed by atoms with Crippen LogP contribution < -0.4 is 5.73 Å². The van der Waals surface area contributed by atoms with E-state index in [9.17, 15) is 9.90 Å². The average molecular weight is 298 g/mol. The van der Waals surface area contributed by atoms with Gasteiger partial charge in [-0.25, -0.2) is 4.79 Å². The highest BCUT2D eigenvalue weighted by Gasteiger charge is 2.41. The average Bonchev–Trinajstić information content (AvgIpc) is 3.19. The van der Waals surface area contributed by atoms with Crippen LogP contribution in [0.1, 0.15) is 34.0 Å². The number of carboxylic acids is 1. The minimum absolute atomic E-state index is 0.250. The molecule has 22 heavy (non-hydrogen) atoms. The van der Waals surface area contributed by atoms with Gasteiger partial charge < -0.3 is 15.3 Å². The Kier molecular flexibility index (Phi) is 3.48. The lowest BCUT2D eigenvalue weighted by atomic mass is 10.0. The van der Waals surface area contributed by atoms with Gasteiger partial charge in [-0.3, -0.25) is 4.99 Å². The molecule has 3 rings (SSSR count). The van der Waals surface area contributed by atoms with Crippen molar-refractivity contribution in [3.63, 3.8) is 0 Å². The van der Waals surface area contributed by atoms with E-state index in [1.54, 1.807) is 14.0 Å². The molecule has 1 aliphatic carbocycles. The van der Waals surface area contributed by atoms with Gasteiger partial charge in [0.25, 0.3) is 0 Å². The van der Waals surface area contributed by atoms with E-state index in [4.69, 9.17) is 10.2 Å². The van der Waals surface area contributed by atoms with Crippen LogP contribution in [0.3, 0.4) is 0 Å². The molecule has 0 spiro atoms. The van der Waals surface area contributed by atoms with Gasteiger partial charge in [0, 0.05) is 24.1 Å². The standard InChI is InChI=1S/C17H18N2O3/c1-9-16(17(20)21)13-7-10(3-4-15(13)22-9)11-8-12(11)14(19-2)5-6-18/h3-7,11-12H,8,18H2,1-2H3,(H,20,21)/b6-5-,19-14?/t11-,12-/m0/s1. The number of nitrogens with zero attached hydrogens (tertiary/aromatic N) is 1. The maximum absolute atomic E-state index is 11.4. The van der Waals surface area contributed by atoms with Crippen molar-refractivity contribution >= 4 is 22.7 Å². The van der Waals surface area contributed by atoms with Crippen molar-refractivity contribution in [2.45, 2.75) is 19.3 Å². The summed E-state index contributed by atoms with van der Waals surface area (Å²) in [5.74, 6) is 0.191. The van der Waals surface area contributed by atoms with Gasteiger partial charge in [0.2, 0.25) is 0 Å². The number of carbonyl (C=O) groups is 1. The van der Waals surface area contributed by atoms with Crippen LogP contribution in [0.25, 0.3) is 11.0 Å². The third-order valence-electron chi connectivity index (χ3n) is 4.23. The molecule has 1 aromatic carbocycles. The number of hydrogen-bond acceptors (Lipinski definition) is 4. The molecule has 0 saturated heterocycles. The Morgan fingerprint density at radius 1 is 1.50 bits per heavy atom. The molecule has 0 aliphatic heterocycles. The number of aromatic carboxylic acids is 1. The summed E-state index contributed by atoms with van der Waals surface area (Å²) in [5, 5.41) is 10.0. The van der Waals surface area contributed by atoms with Crippen LogP contribution in [-0.2, 0) is 0 Å². The molecular weight excluding hydrogens is 280 g/mol. The molecule has 3 N–H and O–H groups in total. The van der Waals surface area contributed by atoms with Crippen LogP contribution in [0.5, 0.6) is 0 Å². The second-order valence-electron chi connectivity index (χ2n) is 5.55. The summed E-state index contributed by atoms with van der Waals surface area (Å²) in [6, 6.07) is 5.78. The maximum Gasteiger partial charge on any atom is 0.339 e. The number of aryl methyl sites for hydroxylation is 1. The van der Waals surface area contributed by atoms with Gasteiger partial charge in [0.1, 0.15) is 16.9 Å². The van der Waals surface area contributed by atoms with Gasteiger partial charge in [0.15, 0.2) is 0 Å². The Balaban J connectivity index is 1.97. The maximum atomic E-state index is 11.4. The SMILES string of the molecule is CN=C(/C=C\N)[C@H]1C[C@H]1c1ccc2oc(C)c(C(=O)O)c2c1. The summed E-state index contributed by atoms with van der Waals surface area (Å²) < 4.78 is 5.52. The molecule has 114 valence electrons. The summed E-state index contributed by atoms with van der Waals surface area (Å²) in [4.78, 5) is 15.7. The van der Waals surface area contributed by atoms with E-state index in [2.05, 4.69) is 4.99 Å². The second-order valence-corrected chi connectivity index (χ2v) is 5.55. The number of nitrogens with two attached hydrogens (primary N) is 1. The number of aliphatic imine (C=N–C) groups is 1. The lowest BCUT2D eigenvalue weighted by molar-refractivity contribution is 0.0697. The zero-order chi connectivity index (χ0) is 15.9. The smallest absolute Gasteiger partial charge is 0.339 e. The van der Waals surface area contributed by atoms with Gasteiger partial charge in [-0.15, -0.1) is 0 Å². The number of rotatable bonds is 4. The summed E-state index contributed by atoms with van der Waals surface area (Å²) in [6.07, 6.45) is 4.33. The fourth-order valence-electron chi connectivity index (χ4n) is 3.09. The largest absolute Gasteiger partial charge is 0.478 e. The van der Waals surface area contributed by atoms with Crippen LogP contribution in [0, 0.1) is 12.8 Å². The number of benzene rings is 1. The Bertz CT molecular complexity index is 802. The van der Waals surface area contributed by atoms with E-state index >= 15 is 0 Å². The first-order valence-electron chi connectivity index (χ1n) is 7.18. The molecule has 1 aromatic heterocycles. The predicted octanol–water partition coefficient (Wildman–Crippen LogP) is 3.09. The van der Waals surface area contributed by atoms with Crippen molar-refractivity contribution in [3.8, 4) is 0 Å². The highest BCUT2D eigenvalue weighted by atomic mass is 16.4. The lowest BCUT2D eigenvalue weighted by Gasteiger charge is -2.02. The van der Waals surface area contributed by atoms with E-state index in [-0.39, 0.29) is 5.56 Å². The molecule has 1 aliphatic rings. The molecule has 0 amide bonds. The quantitative estimate of drug-likeness (QED) is 0.849. The zero-order valence-electron chi connectivity index (χ0n) is 12.5. The molecule has 2 atom stereocenters. The predicted molar refractivity (Wildman–Crippen MR) is 85.4 cm³/mol. The van der Waals surface area contributed by atoms with E-state index in [1.807, 2.05) is 24.3 Å². The van der Waals surface area contributed by atoms with E-state index in [0.717, 1.165) is 17.7 Å². The molecule has 2 aromatic rings. The van der Waals surface area contributed by atoms with Crippen LogP contribution in [0.2, 0.25) is 0 Å². The van der Waals surface area contributed by atoms with Crippen LogP contribution in [-0.4, -0.2) is 23.8 Å². The topological polar surface area (TPSA) is 88.8 Å². The minimum atomic E-state index is -0.956. The normalized spacial score (nSPS) is 21.6. The molecule has 5 heteroatoms. The number of allylic oxidation sites excluding steroid dienone is 1. The summed E-state index contributed by atoms with van der Waals surface area (Å²) >= 11 is 0. The van der Waals surface area contributed by atoms with Crippen molar-refractivity contribution in [1.82, 2.24) is 0 Å². The number of fused-ring (bicyclic) bond motifs is 1. The van der Waals surface area contributed by atoms with Crippen molar-refractivity contribution in [3.05, 3.63) is 47.4 Å². The van der Waals surface area contributed by atoms with Gasteiger partial charge in [-0.05, 0) is 49.2 Å². The Morgan fingerprint density at radius 2 is 2.27 bits per heavy atom. The van der Waals surface area contributed by atoms with Crippen LogP contribution in [0.4, 0.5) is 0 Å². The molecule has 5 nitrogen and oxygen atoms in total. The fraction of sp³-hybridized carbons (Fsp3) is 0.294.